The van der Waals surface area contributed by atoms with Crippen LogP contribution < -0.4 is 4.31 Å². The fourth-order valence-electron chi connectivity index (χ4n) is 2.71. The van der Waals surface area contributed by atoms with Gasteiger partial charge in [-0.25, -0.2) is 8.42 Å². The highest BCUT2D eigenvalue weighted by Crippen LogP contribution is 2.33. The highest BCUT2D eigenvalue weighted by Gasteiger charge is 2.30. The summed E-state index contributed by atoms with van der Waals surface area (Å²) in [6, 6.07) is 9.36. The summed E-state index contributed by atoms with van der Waals surface area (Å²) < 4.78 is 27.4. The summed E-state index contributed by atoms with van der Waals surface area (Å²) in [6.07, 6.45) is 1.13. The molecule has 2 aromatic rings. The smallest absolute Gasteiger partial charge is 0.324 e. The number of sulfonamides is 1. The molecular weight excluding hydrogens is 397 g/mol. The number of hydrogen-bond acceptors (Lipinski definition) is 3. The van der Waals surface area contributed by atoms with Gasteiger partial charge in [0.1, 0.15) is 6.54 Å². The van der Waals surface area contributed by atoms with Gasteiger partial charge < -0.3 is 5.11 Å². The summed E-state index contributed by atoms with van der Waals surface area (Å²) in [6.45, 7) is 3.10. The van der Waals surface area contributed by atoms with Crippen molar-refractivity contribution >= 4 is 44.9 Å². The second-order valence-corrected chi connectivity index (χ2v) is 8.29. The Morgan fingerprint density at radius 1 is 1.04 bits per heavy atom. The van der Waals surface area contributed by atoms with E-state index in [1.54, 1.807) is 12.1 Å². The zero-order valence-electron chi connectivity index (χ0n) is 14.4. The number of halogens is 2. The molecule has 0 aliphatic heterocycles. The van der Waals surface area contributed by atoms with Crippen molar-refractivity contribution < 1.29 is 18.3 Å². The maximum atomic E-state index is 13.2. The molecule has 0 saturated carbocycles. The summed E-state index contributed by atoms with van der Waals surface area (Å²) in [5.74, 6) is -1.25. The fourth-order valence-corrected chi connectivity index (χ4v) is 4.59. The quantitative estimate of drug-likeness (QED) is 0.726. The van der Waals surface area contributed by atoms with Crippen molar-refractivity contribution in [3.8, 4) is 0 Å². The lowest BCUT2D eigenvalue weighted by Gasteiger charge is -2.27. The molecule has 0 unspecified atom stereocenters. The van der Waals surface area contributed by atoms with Gasteiger partial charge in [-0.2, -0.15) is 0 Å². The van der Waals surface area contributed by atoms with Crippen LogP contribution in [0.3, 0.4) is 0 Å². The van der Waals surface area contributed by atoms with E-state index >= 15 is 0 Å². The Bertz CT molecular complexity index is 907. The van der Waals surface area contributed by atoms with Crippen LogP contribution in [0.25, 0.3) is 0 Å². The fraction of sp³-hybridized carbons (Fsp3) is 0.278. The Hall–Kier alpha value is -1.76. The molecule has 0 aromatic heterocycles. The second kappa shape index (κ2) is 8.29. The third-order valence-electron chi connectivity index (χ3n) is 3.97. The summed E-state index contributed by atoms with van der Waals surface area (Å²) in [7, 11) is -4.14. The van der Waals surface area contributed by atoms with Crippen LogP contribution in [0.1, 0.15) is 25.0 Å². The van der Waals surface area contributed by atoms with Crippen molar-refractivity contribution in [2.75, 3.05) is 10.8 Å². The molecule has 0 aliphatic rings. The van der Waals surface area contributed by atoms with E-state index in [0.717, 1.165) is 15.4 Å². The van der Waals surface area contributed by atoms with E-state index in [0.29, 0.717) is 18.5 Å². The van der Waals surface area contributed by atoms with Crippen molar-refractivity contribution in [1.29, 1.82) is 0 Å². The van der Waals surface area contributed by atoms with Gasteiger partial charge in [-0.05, 0) is 42.2 Å². The number of rotatable bonds is 7. The van der Waals surface area contributed by atoms with Crippen molar-refractivity contribution in [3.05, 3.63) is 57.6 Å². The van der Waals surface area contributed by atoms with Crippen molar-refractivity contribution in [3.63, 3.8) is 0 Å². The van der Waals surface area contributed by atoms with Crippen LogP contribution in [0.15, 0.2) is 41.3 Å². The van der Waals surface area contributed by atoms with E-state index < -0.39 is 22.5 Å². The first-order valence-electron chi connectivity index (χ1n) is 8.02. The Labute approximate surface area is 163 Å². The SMILES string of the molecule is CCc1cccc(CC)c1N(CC(=O)O)S(=O)(=O)c1ccc(Cl)c(Cl)c1. The minimum atomic E-state index is -4.14. The van der Waals surface area contributed by atoms with Gasteiger partial charge in [0.15, 0.2) is 0 Å². The predicted molar refractivity (Wildman–Crippen MR) is 104 cm³/mol. The molecule has 1 N–H and O–H groups in total. The van der Waals surface area contributed by atoms with Crippen LogP contribution >= 0.6 is 23.2 Å². The molecular formula is C18H19Cl2NO4S. The molecule has 8 heteroatoms. The van der Waals surface area contributed by atoms with Crippen LogP contribution in [0, 0.1) is 0 Å². The highest BCUT2D eigenvalue weighted by molar-refractivity contribution is 7.92. The molecule has 0 radical (unpaired) electrons. The molecule has 0 amide bonds. The van der Waals surface area contributed by atoms with Gasteiger partial charge in [0.25, 0.3) is 10.0 Å². The summed E-state index contributed by atoms with van der Waals surface area (Å²) in [5, 5.41) is 9.63. The number of carboxylic acid groups (broad SMARTS) is 1. The first-order chi connectivity index (χ1) is 12.2. The lowest BCUT2D eigenvalue weighted by atomic mass is 10.0. The van der Waals surface area contributed by atoms with Gasteiger partial charge in [-0.15, -0.1) is 0 Å². The van der Waals surface area contributed by atoms with Gasteiger partial charge in [-0.1, -0.05) is 55.2 Å². The van der Waals surface area contributed by atoms with E-state index in [4.69, 9.17) is 23.2 Å². The largest absolute Gasteiger partial charge is 0.480 e. The molecule has 0 saturated heterocycles. The molecule has 2 aromatic carbocycles. The molecule has 26 heavy (non-hydrogen) atoms. The first-order valence-corrected chi connectivity index (χ1v) is 10.2. The van der Waals surface area contributed by atoms with Gasteiger partial charge >= 0.3 is 5.97 Å². The number of aliphatic carboxylic acids is 1. The normalized spacial score (nSPS) is 11.4. The molecule has 5 nitrogen and oxygen atoms in total. The number of carbonyl (C=O) groups is 1. The molecule has 0 aliphatic carbocycles. The third-order valence-corrected chi connectivity index (χ3v) is 6.45. The van der Waals surface area contributed by atoms with Gasteiger partial charge in [0.2, 0.25) is 0 Å². The highest BCUT2D eigenvalue weighted by atomic mass is 35.5. The van der Waals surface area contributed by atoms with Crippen molar-refractivity contribution in [2.45, 2.75) is 31.6 Å². The maximum Gasteiger partial charge on any atom is 0.324 e. The average Bonchev–Trinajstić information content (AvgIpc) is 2.60. The third kappa shape index (κ3) is 4.14. The molecule has 0 atom stereocenters. The van der Waals surface area contributed by atoms with Crippen molar-refractivity contribution in [1.82, 2.24) is 0 Å². The van der Waals surface area contributed by atoms with Crippen LogP contribution in [0.4, 0.5) is 5.69 Å². The number of benzene rings is 2. The number of aryl methyl sites for hydroxylation is 2. The summed E-state index contributed by atoms with van der Waals surface area (Å²) in [5.41, 5.74) is 1.93. The maximum absolute atomic E-state index is 13.2. The van der Waals surface area contributed by atoms with Gasteiger partial charge in [-0.3, -0.25) is 9.10 Å². The van der Waals surface area contributed by atoms with E-state index in [9.17, 15) is 18.3 Å². The number of nitrogens with zero attached hydrogens (tertiary/aromatic N) is 1. The van der Waals surface area contributed by atoms with Gasteiger partial charge in [0.05, 0.1) is 20.6 Å². The minimum Gasteiger partial charge on any atom is -0.480 e. The topological polar surface area (TPSA) is 74.7 Å². The Balaban J connectivity index is 2.72. The number of carboxylic acids is 1. The molecule has 2 rings (SSSR count). The predicted octanol–water partition coefficient (Wildman–Crippen LogP) is 4.40. The van der Waals surface area contributed by atoms with Gasteiger partial charge in [0, 0.05) is 0 Å². The van der Waals surface area contributed by atoms with Crippen LogP contribution in [0.5, 0.6) is 0 Å². The zero-order valence-corrected chi connectivity index (χ0v) is 16.7. The van der Waals surface area contributed by atoms with E-state index in [2.05, 4.69) is 0 Å². The molecule has 0 fully saturated rings. The van der Waals surface area contributed by atoms with E-state index in [1.165, 1.54) is 18.2 Å². The van der Waals surface area contributed by atoms with Crippen molar-refractivity contribution in [2.24, 2.45) is 0 Å². The molecule has 140 valence electrons. The first kappa shape index (κ1) is 20.6. The Morgan fingerprint density at radius 3 is 2.08 bits per heavy atom. The second-order valence-electron chi connectivity index (χ2n) is 5.61. The molecule has 0 bridgehead atoms. The van der Waals surface area contributed by atoms with Crippen LogP contribution in [-0.4, -0.2) is 26.0 Å². The van der Waals surface area contributed by atoms with Crippen LogP contribution in [-0.2, 0) is 27.7 Å². The Kier molecular flexibility index (Phi) is 6.55. The lowest BCUT2D eigenvalue weighted by Crippen LogP contribution is -2.37. The monoisotopic (exact) mass is 415 g/mol. The zero-order chi connectivity index (χ0) is 19.5. The summed E-state index contributed by atoms with van der Waals surface area (Å²) >= 11 is 11.8. The summed E-state index contributed by atoms with van der Waals surface area (Å²) in [4.78, 5) is 11.3. The lowest BCUT2D eigenvalue weighted by molar-refractivity contribution is -0.135. The standard InChI is InChI=1S/C18H19Cl2NO4S/c1-3-12-6-5-7-13(4-2)18(12)21(11-17(22)23)26(24,25)14-8-9-15(19)16(20)10-14/h5-10H,3-4,11H2,1-2H3,(H,22,23). The van der Waals surface area contributed by atoms with E-state index in [1.807, 2.05) is 19.9 Å². The average molecular weight is 416 g/mol. The minimum absolute atomic E-state index is 0.0857. The van der Waals surface area contributed by atoms with Crippen LogP contribution in [0.2, 0.25) is 10.0 Å². The molecule has 0 heterocycles. The number of para-hydroxylation sites is 1. The van der Waals surface area contributed by atoms with E-state index in [-0.39, 0.29) is 14.9 Å². The Morgan fingerprint density at radius 2 is 1.62 bits per heavy atom. The number of anilines is 1. The number of hydrogen-bond donors (Lipinski definition) is 1. The molecule has 0 spiro atoms.